The second kappa shape index (κ2) is 16.0. The monoisotopic (exact) mass is 803 g/mol. The first-order valence-electron chi connectivity index (χ1n) is 22.1. The zero-order valence-corrected chi connectivity index (χ0v) is 37.5. The van der Waals surface area contributed by atoms with Crippen LogP contribution >= 0.6 is 0 Å². The maximum absolute atomic E-state index is 2.54. The van der Waals surface area contributed by atoms with E-state index in [-0.39, 0.29) is 16.2 Å². The van der Waals surface area contributed by atoms with Crippen molar-refractivity contribution in [2.24, 2.45) is 0 Å². The van der Waals surface area contributed by atoms with Gasteiger partial charge in [-0.05, 0) is 114 Å². The summed E-state index contributed by atoms with van der Waals surface area (Å²) < 4.78 is 0. The molecule has 0 spiro atoms. The highest BCUT2D eigenvalue weighted by Crippen LogP contribution is 2.53. The lowest BCUT2D eigenvalue weighted by Gasteiger charge is -2.39. The van der Waals surface area contributed by atoms with E-state index in [9.17, 15) is 0 Å². The van der Waals surface area contributed by atoms with Crippen LogP contribution in [-0.4, -0.2) is 0 Å². The molecular weight excluding hydrogens is 747 g/mol. The molecule has 0 heterocycles. The molecule has 62 heavy (non-hydrogen) atoms. The number of anilines is 3. The van der Waals surface area contributed by atoms with Crippen LogP contribution in [0.2, 0.25) is 0 Å². The summed E-state index contributed by atoms with van der Waals surface area (Å²) in [5.74, 6) is 0. The van der Waals surface area contributed by atoms with Crippen molar-refractivity contribution in [1.82, 2.24) is 0 Å². The Labute approximate surface area is 370 Å². The first-order valence-corrected chi connectivity index (χ1v) is 22.1. The van der Waals surface area contributed by atoms with Crippen LogP contribution in [0.15, 0.2) is 200 Å². The van der Waals surface area contributed by atoms with Crippen molar-refractivity contribution in [3.05, 3.63) is 245 Å². The van der Waals surface area contributed by atoms with Crippen molar-refractivity contribution in [3.63, 3.8) is 0 Å². The SMILES string of the molecule is CC(C)(C)c1ccc(N(c2ccc3c(c2)C(=C(c2ccccc2)c2ccccc2)c2ccccc2C3(C)C)c2ccc(C(C)(C)C)cc2-c2ccccc2)c(-c2ccccc2)c1. The molecule has 1 aliphatic rings. The van der Waals surface area contributed by atoms with Gasteiger partial charge in [0.15, 0.2) is 0 Å². The predicted octanol–water partition coefficient (Wildman–Crippen LogP) is 16.7. The second-order valence-corrected chi connectivity index (χ2v) is 19.4. The van der Waals surface area contributed by atoms with Gasteiger partial charge < -0.3 is 4.90 Å². The lowest BCUT2D eigenvalue weighted by Crippen LogP contribution is -2.27. The van der Waals surface area contributed by atoms with E-state index in [0.29, 0.717) is 0 Å². The fourth-order valence-electron chi connectivity index (χ4n) is 9.39. The molecule has 306 valence electrons. The maximum atomic E-state index is 2.54. The predicted molar refractivity (Wildman–Crippen MR) is 266 cm³/mol. The van der Waals surface area contributed by atoms with E-state index in [4.69, 9.17) is 0 Å². The zero-order valence-electron chi connectivity index (χ0n) is 37.5. The van der Waals surface area contributed by atoms with Gasteiger partial charge in [0.1, 0.15) is 0 Å². The highest BCUT2D eigenvalue weighted by molar-refractivity contribution is 6.08. The lowest BCUT2D eigenvalue weighted by atomic mass is 9.65. The molecule has 0 atom stereocenters. The van der Waals surface area contributed by atoms with Gasteiger partial charge >= 0.3 is 0 Å². The van der Waals surface area contributed by atoms with Crippen molar-refractivity contribution in [1.29, 1.82) is 0 Å². The third-order valence-corrected chi connectivity index (χ3v) is 12.8. The summed E-state index contributed by atoms with van der Waals surface area (Å²) in [5, 5.41) is 0. The molecule has 9 rings (SSSR count). The Morgan fingerprint density at radius 1 is 0.387 bits per heavy atom. The summed E-state index contributed by atoms with van der Waals surface area (Å²) in [4.78, 5) is 2.54. The lowest BCUT2D eigenvalue weighted by molar-refractivity contribution is 0.590. The Morgan fingerprint density at radius 2 is 0.806 bits per heavy atom. The first-order chi connectivity index (χ1) is 29.8. The summed E-state index contributed by atoms with van der Waals surface area (Å²) in [5.41, 5.74) is 20.5. The molecular formula is C61H57N. The van der Waals surface area contributed by atoms with Crippen LogP contribution in [0.5, 0.6) is 0 Å². The van der Waals surface area contributed by atoms with Crippen LogP contribution in [0.1, 0.15) is 99.9 Å². The number of benzene rings is 8. The van der Waals surface area contributed by atoms with Gasteiger partial charge in [-0.25, -0.2) is 0 Å². The molecule has 0 fully saturated rings. The first kappa shape index (κ1) is 40.7. The van der Waals surface area contributed by atoms with E-state index in [0.717, 1.165) is 17.1 Å². The normalized spacial score (nSPS) is 13.3. The molecule has 0 saturated carbocycles. The Bertz CT molecular complexity index is 2760. The van der Waals surface area contributed by atoms with Crippen molar-refractivity contribution in [3.8, 4) is 22.3 Å². The number of hydrogen-bond donors (Lipinski definition) is 0. The van der Waals surface area contributed by atoms with Crippen LogP contribution in [0.25, 0.3) is 33.4 Å². The van der Waals surface area contributed by atoms with Crippen LogP contribution < -0.4 is 4.90 Å². The summed E-state index contributed by atoms with van der Waals surface area (Å²) in [7, 11) is 0. The van der Waals surface area contributed by atoms with Gasteiger partial charge in [-0.2, -0.15) is 0 Å². The molecule has 0 saturated heterocycles. The molecule has 8 aromatic carbocycles. The van der Waals surface area contributed by atoms with E-state index in [1.54, 1.807) is 0 Å². The second-order valence-electron chi connectivity index (χ2n) is 19.4. The Balaban J connectivity index is 1.42. The number of fused-ring (bicyclic) bond motifs is 2. The van der Waals surface area contributed by atoms with E-state index < -0.39 is 0 Å². The van der Waals surface area contributed by atoms with Gasteiger partial charge in [-0.3, -0.25) is 0 Å². The fourth-order valence-corrected chi connectivity index (χ4v) is 9.39. The van der Waals surface area contributed by atoms with E-state index in [2.05, 4.69) is 260 Å². The molecule has 0 aliphatic heterocycles. The number of rotatable bonds is 7. The molecule has 1 nitrogen and oxygen atoms in total. The molecule has 8 aromatic rings. The van der Waals surface area contributed by atoms with Crippen molar-refractivity contribution in [2.45, 2.75) is 71.6 Å². The van der Waals surface area contributed by atoms with Crippen molar-refractivity contribution >= 4 is 28.2 Å². The van der Waals surface area contributed by atoms with Crippen molar-refractivity contribution in [2.75, 3.05) is 4.90 Å². The summed E-state index contributed by atoms with van der Waals surface area (Å²) in [6, 6.07) is 74.4. The van der Waals surface area contributed by atoms with E-state index in [1.807, 2.05) is 0 Å². The molecule has 0 aromatic heterocycles. The average molecular weight is 804 g/mol. The van der Waals surface area contributed by atoms with E-state index in [1.165, 1.54) is 77.9 Å². The van der Waals surface area contributed by atoms with Crippen LogP contribution in [-0.2, 0) is 16.2 Å². The van der Waals surface area contributed by atoms with Crippen molar-refractivity contribution < 1.29 is 0 Å². The summed E-state index contributed by atoms with van der Waals surface area (Å²) in [6.45, 7) is 18.6. The van der Waals surface area contributed by atoms with Gasteiger partial charge in [0.05, 0.1) is 11.4 Å². The largest absolute Gasteiger partial charge is 0.309 e. The Hall–Kier alpha value is -6.70. The third-order valence-electron chi connectivity index (χ3n) is 12.8. The summed E-state index contributed by atoms with van der Waals surface area (Å²) in [6.07, 6.45) is 0. The highest BCUT2D eigenvalue weighted by Gasteiger charge is 2.37. The smallest absolute Gasteiger partial charge is 0.0540 e. The van der Waals surface area contributed by atoms with E-state index >= 15 is 0 Å². The van der Waals surface area contributed by atoms with Crippen LogP contribution in [0.4, 0.5) is 17.1 Å². The Morgan fingerprint density at radius 3 is 1.27 bits per heavy atom. The van der Waals surface area contributed by atoms with Gasteiger partial charge in [-0.1, -0.05) is 219 Å². The van der Waals surface area contributed by atoms with Gasteiger partial charge in [0, 0.05) is 22.2 Å². The highest BCUT2D eigenvalue weighted by atomic mass is 15.1. The quantitative estimate of drug-likeness (QED) is 0.155. The minimum Gasteiger partial charge on any atom is -0.309 e. The van der Waals surface area contributed by atoms with Gasteiger partial charge in [0.25, 0.3) is 0 Å². The molecule has 0 N–H and O–H groups in total. The minimum absolute atomic E-state index is 0.0355. The Kier molecular flexibility index (Phi) is 10.5. The molecule has 0 amide bonds. The third kappa shape index (κ3) is 7.51. The minimum atomic E-state index is -0.246. The molecule has 0 radical (unpaired) electrons. The molecule has 1 aliphatic carbocycles. The number of hydrogen-bond acceptors (Lipinski definition) is 1. The number of nitrogens with zero attached hydrogens (tertiary/aromatic N) is 1. The topological polar surface area (TPSA) is 3.24 Å². The zero-order chi connectivity index (χ0) is 43.2. The summed E-state index contributed by atoms with van der Waals surface area (Å²) >= 11 is 0. The van der Waals surface area contributed by atoms with Gasteiger partial charge in [0.2, 0.25) is 0 Å². The molecule has 1 heteroatoms. The van der Waals surface area contributed by atoms with Gasteiger partial charge in [-0.15, -0.1) is 0 Å². The molecule has 0 bridgehead atoms. The fraction of sp³-hybridized carbons (Fsp3) is 0.180. The molecule has 0 unspecified atom stereocenters. The maximum Gasteiger partial charge on any atom is 0.0540 e. The van der Waals surface area contributed by atoms with Crippen LogP contribution in [0, 0.1) is 0 Å². The average Bonchev–Trinajstić information content (AvgIpc) is 3.28. The van der Waals surface area contributed by atoms with Crippen LogP contribution in [0.3, 0.4) is 0 Å². The standard InChI is InChI=1S/C61H57N/c1-59(2,3)46-33-37-55(50(39-46)42-23-13-9-14-24-42)62(56-38-34-47(60(4,5)6)40-51(56)43-25-15-10-16-26-43)48-35-36-54-52(41-48)58(49-31-21-22-32-53(49)61(54,7)8)57(44-27-17-11-18-28-44)45-29-19-12-20-30-45/h9-41H,1-8H3.